The van der Waals surface area contributed by atoms with E-state index in [-0.39, 0.29) is 33.6 Å². The predicted molar refractivity (Wildman–Crippen MR) is 135 cm³/mol. The number of hydrogen-bond donors (Lipinski definition) is 1. The maximum Gasteiger partial charge on any atom is 0.420 e. The zero-order valence-corrected chi connectivity index (χ0v) is 20.5. The van der Waals surface area contributed by atoms with Gasteiger partial charge in [0.2, 0.25) is 0 Å². The van der Waals surface area contributed by atoms with E-state index in [1.165, 1.54) is 60.2 Å². The molecule has 204 valence electrons. The molecule has 0 aliphatic rings. The topological polar surface area (TPSA) is 83.0 Å². The van der Waals surface area contributed by atoms with Crippen molar-refractivity contribution in [3.63, 3.8) is 0 Å². The fraction of sp³-hybridized carbons (Fsp3) is 0.107. The average Bonchev–Trinajstić information content (AvgIpc) is 2.88. The zero-order chi connectivity index (χ0) is 28.8. The van der Waals surface area contributed by atoms with Gasteiger partial charge in [0.05, 0.1) is 23.3 Å². The highest BCUT2D eigenvalue weighted by molar-refractivity contribution is 5.80. The third-order valence-electron chi connectivity index (χ3n) is 6.29. The minimum atomic E-state index is -4.82. The number of ether oxygens (including phenoxy) is 1. The summed E-state index contributed by atoms with van der Waals surface area (Å²) in [7, 11) is 0. The Kier molecular flexibility index (Phi) is 6.70. The van der Waals surface area contributed by atoms with Crippen molar-refractivity contribution in [2.24, 2.45) is 0 Å². The van der Waals surface area contributed by atoms with Gasteiger partial charge in [-0.1, -0.05) is 12.1 Å². The SMILES string of the molecule is CC(c1c(F)cc(F)cc1F)n1cnc(=O)c2cc(Oc3cccc(-c4ccc(N)nc4)c3C(F)(F)F)ccc21. The number of hydrogen-bond acceptors (Lipinski definition) is 5. The number of aromatic nitrogens is 3. The maximum absolute atomic E-state index is 14.4. The van der Waals surface area contributed by atoms with Gasteiger partial charge in [-0.3, -0.25) is 4.79 Å². The third kappa shape index (κ3) is 4.95. The van der Waals surface area contributed by atoms with Gasteiger partial charge in [0.15, 0.2) is 0 Å². The smallest absolute Gasteiger partial charge is 0.420 e. The van der Waals surface area contributed by atoms with E-state index in [1.807, 2.05) is 0 Å². The molecule has 0 bridgehead atoms. The quantitative estimate of drug-likeness (QED) is 0.239. The van der Waals surface area contributed by atoms with Gasteiger partial charge in [-0.2, -0.15) is 18.2 Å². The highest BCUT2D eigenvalue weighted by Crippen LogP contribution is 2.44. The van der Waals surface area contributed by atoms with Crippen molar-refractivity contribution in [2.45, 2.75) is 19.1 Å². The van der Waals surface area contributed by atoms with E-state index in [1.54, 1.807) is 0 Å². The van der Waals surface area contributed by atoms with Crippen LogP contribution >= 0.6 is 0 Å². The second kappa shape index (κ2) is 10.0. The summed E-state index contributed by atoms with van der Waals surface area (Å²) in [6.07, 6.45) is -2.54. The first-order chi connectivity index (χ1) is 18.9. The van der Waals surface area contributed by atoms with Crippen molar-refractivity contribution in [1.82, 2.24) is 14.5 Å². The summed E-state index contributed by atoms with van der Waals surface area (Å²) in [5.41, 5.74) is 3.41. The van der Waals surface area contributed by atoms with E-state index in [4.69, 9.17) is 10.5 Å². The lowest BCUT2D eigenvalue weighted by Gasteiger charge is -2.20. The van der Waals surface area contributed by atoms with Crippen LogP contribution in [0.4, 0.5) is 32.2 Å². The molecule has 0 radical (unpaired) electrons. The molecule has 3 aromatic carbocycles. The lowest BCUT2D eigenvalue weighted by molar-refractivity contribution is -0.138. The summed E-state index contributed by atoms with van der Waals surface area (Å²) >= 11 is 0. The predicted octanol–water partition coefficient (Wildman–Crippen LogP) is 6.88. The van der Waals surface area contributed by atoms with Crippen LogP contribution in [0.1, 0.15) is 24.1 Å². The van der Waals surface area contributed by atoms with E-state index < -0.39 is 52.1 Å². The molecule has 0 aliphatic heterocycles. The summed E-state index contributed by atoms with van der Waals surface area (Å²) in [6.45, 7) is 1.42. The maximum atomic E-state index is 14.4. The summed E-state index contributed by atoms with van der Waals surface area (Å²) in [4.78, 5) is 20.2. The second-order valence-electron chi connectivity index (χ2n) is 8.85. The van der Waals surface area contributed by atoms with Gasteiger partial charge in [0.25, 0.3) is 5.56 Å². The number of anilines is 1. The zero-order valence-electron chi connectivity index (χ0n) is 20.5. The summed E-state index contributed by atoms with van der Waals surface area (Å²) < 4.78 is 91.8. The van der Waals surface area contributed by atoms with Gasteiger partial charge in [-0.25, -0.2) is 18.2 Å². The molecular weight excluding hydrogens is 538 g/mol. The number of nitrogens with two attached hydrogens (primary N) is 1. The highest BCUT2D eigenvalue weighted by Gasteiger charge is 2.38. The van der Waals surface area contributed by atoms with Gasteiger partial charge >= 0.3 is 6.18 Å². The van der Waals surface area contributed by atoms with Gasteiger partial charge in [0.1, 0.15) is 40.3 Å². The Bertz CT molecular complexity index is 1780. The van der Waals surface area contributed by atoms with Gasteiger partial charge in [-0.15, -0.1) is 0 Å². The molecule has 2 aromatic heterocycles. The number of pyridine rings is 1. The van der Waals surface area contributed by atoms with Crippen molar-refractivity contribution >= 4 is 16.7 Å². The molecule has 5 rings (SSSR count). The first-order valence-electron chi connectivity index (χ1n) is 11.7. The number of fused-ring (bicyclic) bond motifs is 1. The Labute approximate surface area is 222 Å². The van der Waals surface area contributed by atoms with E-state index in [0.717, 1.165) is 12.4 Å². The fourth-order valence-electron chi connectivity index (χ4n) is 4.46. The molecule has 5 aromatic rings. The monoisotopic (exact) mass is 556 g/mol. The number of halogens is 6. The summed E-state index contributed by atoms with van der Waals surface area (Å²) in [5, 5.41) is -0.0813. The highest BCUT2D eigenvalue weighted by atomic mass is 19.4. The molecule has 0 aliphatic carbocycles. The number of benzene rings is 3. The van der Waals surface area contributed by atoms with Crippen molar-refractivity contribution in [3.8, 4) is 22.6 Å². The van der Waals surface area contributed by atoms with E-state index in [9.17, 15) is 31.1 Å². The molecule has 0 spiro atoms. The average molecular weight is 556 g/mol. The molecule has 12 heteroatoms. The van der Waals surface area contributed by atoms with Crippen LogP contribution in [0.15, 0.2) is 78.0 Å². The largest absolute Gasteiger partial charge is 0.457 e. The Balaban J connectivity index is 1.59. The first-order valence-corrected chi connectivity index (χ1v) is 11.7. The molecule has 0 amide bonds. The van der Waals surface area contributed by atoms with Gasteiger partial charge in [0, 0.05) is 29.5 Å². The van der Waals surface area contributed by atoms with Crippen LogP contribution in [0.25, 0.3) is 22.0 Å². The molecule has 1 unspecified atom stereocenters. The minimum absolute atomic E-state index is 0.0813. The normalized spacial score (nSPS) is 12.5. The Hall–Kier alpha value is -4.87. The van der Waals surface area contributed by atoms with Crippen LogP contribution in [0.2, 0.25) is 0 Å². The molecule has 1 atom stereocenters. The first kappa shape index (κ1) is 26.7. The van der Waals surface area contributed by atoms with E-state index in [0.29, 0.717) is 12.1 Å². The standard InChI is InChI=1S/C28H18F6N4O2/c1-14(25-20(30)9-16(29)10-21(25)31)38-13-37-27(39)19-11-17(6-7-22(19)38)40-23-4-2-3-18(26(23)28(32,33)34)15-5-8-24(35)36-12-15/h2-14H,1H3,(H2,35,36). The van der Waals surface area contributed by atoms with Crippen LogP contribution in [0, 0.1) is 17.5 Å². The molecule has 2 N–H and O–H groups in total. The molecule has 0 saturated carbocycles. The van der Waals surface area contributed by atoms with Crippen molar-refractivity contribution in [1.29, 1.82) is 0 Å². The second-order valence-corrected chi connectivity index (χ2v) is 8.85. The molecular formula is C28H18F6N4O2. The Morgan fingerprint density at radius 1 is 0.950 bits per heavy atom. The molecule has 2 heterocycles. The number of rotatable bonds is 5. The Morgan fingerprint density at radius 3 is 2.33 bits per heavy atom. The van der Waals surface area contributed by atoms with Crippen LogP contribution in [0.3, 0.4) is 0 Å². The summed E-state index contributed by atoms with van der Waals surface area (Å²) in [6, 6.07) is 10.4. The van der Waals surface area contributed by atoms with Crippen molar-refractivity contribution < 1.29 is 31.1 Å². The number of nitrogen functional groups attached to an aromatic ring is 1. The molecule has 0 saturated heterocycles. The van der Waals surface area contributed by atoms with Crippen LogP contribution < -0.4 is 16.0 Å². The van der Waals surface area contributed by atoms with Crippen LogP contribution in [-0.4, -0.2) is 14.5 Å². The van der Waals surface area contributed by atoms with Gasteiger partial charge in [-0.05, 0) is 48.9 Å². The van der Waals surface area contributed by atoms with E-state index in [2.05, 4.69) is 9.97 Å². The Morgan fingerprint density at radius 2 is 1.68 bits per heavy atom. The fourth-order valence-corrected chi connectivity index (χ4v) is 4.46. The molecule has 40 heavy (non-hydrogen) atoms. The third-order valence-corrected chi connectivity index (χ3v) is 6.29. The minimum Gasteiger partial charge on any atom is -0.457 e. The molecule has 0 fully saturated rings. The lowest BCUT2D eigenvalue weighted by atomic mass is 9.99. The lowest BCUT2D eigenvalue weighted by Crippen LogP contribution is -2.18. The molecule has 6 nitrogen and oxygen atoms in total. The number of nitrogens with zero attached hydrogens (tertiary/aromatic N) is 3. The van der Waals surface area contributed by atoms with Crippen LogP contribution in [-0.2, 0) is 6.18 Å². The van der Waals surface area contributed by atoms with E-state index >= 15 is 0 Å². The number of alkyl halides is 3. The van der Waals surface area contributed by atoms with Crippen molar-refractivity contribution in [3.05, 3.63) is 112 Å². The van der Waals surface area contributed by atoms with Gasteiger partial charge < -0.3 is 15.0 Å². The van der Waals surface area contributed by atoms with Crippen LogP contribution in [0.5, 0.6) is 11.5 Å². The summed E-state index contributed by atoms with van der Waals surface area (Å²) in [5.74, 6) is -3.87. The van der Waals surface area contributed by atoms with Crippen molar-refractivity contribution in [2.75, 3.05) is 5.73 Å².